The van der Waals surface area contributed by atoms with Crippen LogP contribution < -0.4 is 5.32 Å². The van der Waals surface area contributed by atoms with Crippen molar-refractivity contribution in [3.8, 4) is 11.3 Å². The minimum atomic E-state index is -0.102. The van der Waals surface area contributed by atoms with Crippen LogP contribution in [0.25, 0.3) is 11.3 Å². The summed E-state index contributed by atoms with van der Waals surface area (Å²) in [4.78, 5) is 11.7. The van der Waals surface area contributed by atoms with E-state index in [1.54, 1.807) is 6.20 Å². The molecule has 1 aromatic carbocycles. The van der Waals surface area contributed by atoms with Crippen molar-refractivity contribution in [1.29, 1.82) is 0 Å². The molecule has 0 saturated heterocycles. The van der Waals surface area contributed by atoms with Gasteiger partial charge in [0.25, 0.3) is 5.91 Å². The standard InChI is InChI=1S/C12H13N3O/c1-2-13-12(16)10-8-14-15-11(10)9-6-4-3-5-7-9/h3-8H,2H2,1H3,(H,13,16)(H,14,15). The molecule has 1 heterocycles. The molecule has 2 N–H and O–H groups in total. The topological polar surface area (TPSA) is 57.8 Å². The third kappa shape index (κ3) is 1.95. The molecular weight excluding hydrogens is 202 g/mol. The second kappa shape index (κ2) is 4.61. The number of hydrogen-bond donors (Lipinski definition) is 2. The van der Waals surface area contributed by atoms with Crippen LogP contribution in [0, 0.1) is 0 Å². The first-order valence-corrected chi connectivity index (χ1v) is 5.20. The first-order valence-electron chi connectivity index (χ1n) is 5.20. The molecule has 1 amide bonds. The van der Waals surface area contributed by atoms with Crippen molar-refractivity contribution >= 4 is 5.91 Å². The van der Waals surface area contributed by atoms with Gasteiger partial charge in [-0.3, -0.25) is 9.89 Å². The lowest BCUT2D eigenvalue weighted by Gasteiger charge is -2.03. The van der Waals surface area contributed by atoms with Crippen LogP contribution >= 0.6 is 0 Å². The molecule has 0 aliphatic rings. The lowest BCUT2D eigenvalue weighted by molar-refractivity contribution is 0.0956. The van der Waals surface area contributed by atoms with Crippen LogP contribution in [0.4, 0.5) is 0 Å². The Morgan fingerprint density at radius 2 is 2.12 bits per heavy atom. The highest BCUT2D eigenvalue weighted by Crippen LogP contribution is 2.20. The first-order chi connectivity index (χ1) is 7.83. The molecule has 16 heavy (non-hydrogen) atoms. The van der Waals surface area contributed by atoms with Crippen molar-refractivity contribution in [1.82, 2.24) is 15.5 Å². The number of hydrogen-bond acceptors (Lipinski definition) is 2. The van der Waals surface area contributed by atoms with Crippen molar-refractivity contribution in [2.75, 3.05) is 6.54 Å². The zero-order valence-corrected chi connectivity index (χ0v) is 9.03. The van der Waals surface area contributed by atoms with Crippen LogP contribution in [0.1, 0.15) is 17.3 Å². The first kappa shape index (κ1) is 10.4. The Hall–Kier alpha value is -2.10. The monoisotopic (exact) mass is 215 g/mol. The van der Waals surface area contributed by atoms with Gasteiger partial charge in [0.05, 0.1) is 17.5 Å². The van der Waals surface area contributed by atoms with Gasteiger partial charge in [-0.25, -0.2) is 0 Å². The van der Waals surface area contributed by atoms with Gasteiger partial charge >= 0.3 is 0 Å². The molecule has 0 fully saturated rings. The third-order valence-corrected chi connectivity index (χ3v) is 2.28. The summed E-state index contributed by atoms with van der Waals surface area (Å²) in [5, 5.41) is 9.53. The summed E-state index contributed by atoms with van der Waals surface area (Å²) in [7, 11) is 0. The normalized spacial score (nSPS) is 10.1. The molecule has 0 saturated carbocycles. The van der Waals surface area contributed by atoms with Crippen LogP contribution in [0.5, 0.6) is 0 Å². The lowest BCUT2D eigenvalue weighted by Crippen LogP contribution is -2.22. The quantitative estimate of drug-likeness (QED) is 0.820. The highest BCUT2D eigenvalue weighted by atomic mass is 16.1. The summed E-state index contributed by atoms with van der Waals surface area (Å²) in [6.07, 6.45) is 1.55. The van der Waals surface area contributed by atoms with Crippen LogP contribution in [-0.2, 0) is 0 Å². The second-order valence-electron chi connectivity index (χ2n) is 3.38. The number of nitrogens with one attached hydrogen (secondary N) is 2. The highest BCUT2D eigenvalue weighted by molar-refractivity contribution is 5.99. The zero-order valence-electron chi connectivity index (χ0n) is 9.03. The van der Waals surface area contributed by atoms with Gasteiger partial charge < -0.3 is 5.32 Å². The fraction of sp³-hybridized carbons (Fsp3) is 0.167. The van der Waals surface area contributed by atoms with Crippen molar-refractivity contribution in [2.45, 2.75) is 6.92 Å². The number of benzene rings is 1. The Labute approximate surface area is 93.7 Å². The molecule has 82 valence electrons. The van der Waals surface area contributed by atoms with E-state index in [0.29, 0.717) is 12.1 Å². The molecule has 2 rings (SSSR count). The van der Waals surface area contributed by atoms with Crippen molar-refractivity contribution in [3.05, 3.63) is 42.1 Å². The van der Waals surface area contributed by atoms with Gasteiger partial charge in [0.15, 0.2) is 0 Å². The molecule has 0 aliphatic carbocycles. The number of rotatable bonds is 3. The van der Waals surface area contributed by atoms with Gasteiger partial charge in [-0.05, 0) is 6.92 Å². The van der Waals surface area contributed by atoms with Gasteiger partial charge in [0.1, 0.15) is 0 Å². The maximum absolute atomic E-state index is 11.7. The van der Waals surface area contributed by atoms with E-state index in [1.807, 2.05) is 37.3 Å². The predicted molar refractivity (Wildman–Crippen MR) is 62.0 cm³/mol. The van der Waals surface area contributed by atoms with E-state index in [9.17, 15) is 4.79 Å². The highest BCUT2D eigenvalue weighted by Gasteiger charge is 2.13. The Balaban J connectivity index is 2.37. The van der Waals surface area contributed by atoms with Gasteiger partial charge in [0, 0.05) is 12.1 Å². The number of nitrogens with zero attached hydrogens (tertiary/aromatic N) is 1. The van der Waals surface area contributed by atoms with Gasteiger partial charge in [0.2, 0.25) is 0 Å². The molecule has 0 unspecified atom stereocenters. The molecule has 0 bridgehead atoms. The van der Waals surface area contributed by atoms with Crippen LogP contribution in [0.15, 0.2) is 36.5 Å². The van der Waals surface area contributed by atoms with Crippen LogP contribution in [-0.4, -0.2) is 22.6 Å². The summed E-state index contributed by atoms with van der Waals surface area (Å²) in [6, 6.07) is 9.67. The number of amides is 1. The summed E-state index contributed by atoms with van der Waals surface area (Å²) in [6.45, 7) is 2.50. The molecule has 0 aliphatic heterocycles. The summed E-state index contributed by atoms with van der Waals surface area (Å²) in [5.41, 5.74) is 2.29. The molecular formula is C12H13N3O. The molecule has 1 aromatic heterocycles. The minimum Gasteiger partial charge on any atom is -0.352 e. The SMILES string of the molecule is CCNC(=O)c1cn[nH]c1-c1ccccc1. The Morgan fingerprint density at radius 3 is 2.81 bits per heavy atom. The average molecular weight is 215 g/mol. The fourth-order valence-electron chi connectivity index (χ4n) is 1.54. The van der Waals surface area contributed by atoms with E-state index in [4.69, 9.17) is 0 Å². The maximum atomic E-state index is 11.7. The van der Waals surface area contributed by atoms with E-state index in [2.05, 4.69) is 15.5 Å². The van der Waals surface area contributed by atoms with E-state index in [1.165, 1.54) is 0 Å². The van der Waals surface area contributed by atoms with E-state index in [-0.39, 0.29) is 5.91 Å². The number of aromatic amines is 1. The number of carbonyl (C=O) groups excluding carboxylic acids is 1. The molecule has 0 radical (unpaired) electrons. The summed E-state index contributed by atoms with van der Waals surface area (Å²) >= 11 is 0. The number of aromatic nitrogens is 2. The zero-order chi connectivity index (χ0) is 11.4. The van der Waals surface area contributed by atoms with Gasteiger partial charge in [-0.1, -0.05) is 30.3 Å². The Kier molecular flexibility index (Phi) is 3.00. The van der Waals surface area contributed by atoms with E-state index >= 15 is 0 Å². The fourth-order valence-corrected chi connectivity index (χ4v) is 1.54. The minimum absolute atomic E-state index is 0.102. The van der Waals surface area contributed by atoms with Crippen LogP contribution in [0.3, 0.4) is 0 Å². The number of carbonyl (C=O) groups is 1. The molecule has 0 spiro atoms. The van der Waals surface area contributed by atoms with Gasteiger partial charge in [-0.2, -0.15) is 5.10 Å². The lowest BCUT2D eigenvalue weighted by atomic mass is 10.1. The van der Waals surface area contributed by atoms with E-state index < -0.39 is 0 Å². The van der Waals surface area contributed by atoms with Crippen molar-refractivity contribution in [2.24, 2.45) is 0 Å². The summed E-state index contributed by atoms with van der Waals surface area (Å²) in [5.74, 6) is -0.102. The molecule has 4 heteroatoms. The average Bonchev–Trinajstić information content (AvgIpc) is 2.79. The summed E-state index contributed by atoms with van der Waals surface area (Å²) < 4.78 is 0. The number of H-pyrrole nitrogens is 1. The molecule has 2 aromatic rings. The third-order valence-electron chi connectivity index (χ3n) is 2.28. The Bertz CT molecular complexity index is 476. The maximum Gasteiger partial charge on any atom is 0.255 e. The van der Waals surface area contributed by atoms with Crippen molar-refractivity contribution < 1.29 is 4.79 Å². The second-order valence-corrected chi connectivity index (χ2v) is 3.38. The van der Waals surface area contributed by atoms with E-state index in [0.717, 1.165) is 11.3 Å². The van der Waals surface area contributed by atoms with Crippen molar-refractivity contribution in [3.63, 3.8) is 0 Å². The predicted octanol–water partition coefficient (Wildman–Crippen LogP) is 1.83. The molecule has 0 atom stereocenters. The molecule has 4 nitrogen and oxygen atoms in total. The smallest absolute Gasteiger partial charge is 0.255 e. The van der Waals surface area contributed by atoms with Crippen LogP contribution in [0.2, 0.25) is 0 Å². The van der Waals surface area contributed by atoms with Gasteiger partial charge in [-0.15, -0.1) is 0 Å². The Morgan fingerprint density at radius 1 is 1.38 bits per heavy atom. The largest absolute Gasteiger partial charge is 0.352 e.